The van der Waals surface area contributed by atoms with Gasteiger partial charge < -0.3 is 5.11 Å². The van der Waals surface area contributed by atoms with Crippen molar-refractivity contribution in [3.63, 3.8) is 0 Å². The Bertz CT molecular complexity index is 634. The molecule has 0 heterocycles. The fourth-order valence-corrected chi connectivity index (χ4v) is 3.83. The standard InChI is InChI=1S/C14H18N2O3S/c1-10-8-12(7-6-11(10)9-15)20(18,19)16-13-4-2-3-5-14(13)17/h6-8,13-14,16-17H,2-5H2,1H3/t13-,14-/m1/s1. The van der Waals surface area contributed by atoms with Crippen LogP contribution in [0.2, 0.25) is 0 Å². The molecule has 1 fully saturated rings. The van der Waals surface area contributed by atoms with Gasteiger partial charge in [-0.15, -0.1) is 0 Å². The Hall–Kier alpha value is -1.42. The van der Waals surface area contributed by atoms with Gasteiger partial charge in [0.15, 0.2) is 0 Å². The largest absolute Gasteiger partial charge is 0.391 e. The highest BCUT2D eigenvalue weighted by atomic mass is 32.2. The molecule has 1 aliphatic carbocycles. The summed E-state index contributed by atoms with van der Waals surface area (Å²) in [6.07, 6.45) is 2.49. The molecule has 0 bridgehead atoms. The molecule has 0 amide bonds. The lowest BCUT2D eigenvalue weighted by atomic mass is 9.93. The van der Waals surface area contributed by atoms with Crippen molar-refractivity contribution in [3.05, 3.63) is 29.3 Å². The van der Waals surface area contributed by atoms with Gasteiger partial charge in [0.1, 0.15) is 0 Å². The van der Waals surface area contributed by atoms with Gasteiger partial charge >= 0.3 is 0 Å². The number of aliphatic hydroxyl groups is 1. The van der Waals surface area contributed by atoms with Gasteiger partial charge in [0.2, 0.25) is 10.0 Å². The molecule has 0 aromatic heterocycles. The van der Waals surface area contributed by atoms with E-state index in [1.165, 1.54) is 18.2 Å². The van der Waals surface area contributed by atoms with Crippen LogP contribution in [-0.4, -0.2) is 25.7 Å². The average Bonchev–Trinajstić information content (AvgIpc) is 2.41. The third kappa shape index (κ3) is 3.18. The first-order chi connectivity index (χ1) is 9.44. The average molecular weight is 294 g/mol. The molecule has 20 heavy (non-hydrogen) atoms. The Morgan fingerprint density at radius 2 is 2.05 bits per heavy atom. The van der Waals surface area contributed by atoms with Crippen molar-refractivity contribution >= 4 is 10.0 Å². The summed E-state index contributed by atoms with van der Waals surface area (Å²) in [5, 5.41) is 18.7. The minimum Gasteiger partial charge on any atom is -0.391 e. The highest BCUT2D eigenvalue weighted by Gasteiger charge is 2.28. The normalized spacial score (nSPS) is 23.2. The molecule has 0 aliphatic heterocycles. The van der Waals surface area contributed by atoms with Crippen LogP contribution in [0.3, 0.4) is 0 Å². The number of benzene rings is 1. The predicted octanol–water partition coefficient (Wildman–Crippen LogP) is 1.45. The van der Waals surface area contributed by atoms with E-state index in [-0.39, 0.29) is 4.90 Å². The van der Waals surface area contributed by atoms with E-state index >= 15 is 0 Å². The van der Waals surface area contributed by atoms with E-state index in [4.69, 9.17) is 5.26 Å². The van der Waals surface area contributed by atoms with Gasteiger partial charge in [0.25, 0.3) is 0 Å². The molecule has 0 unspecified atom stereocenters. The zero-order chi connectivity index (χ0) is 14.8. The second kappa shape index (κ2) is 5.92. The molecule has 1 saturated carbocycles. The lowest BCUT2D eigenvalue weighted by Crippen LogP contribution is -2.44. The fraction of sp³-hybridized carbons (Fsp3) is 0.500. The molecule has 1 aliphatic rings. The second-order valence-corrected chi connectivity index (χ2v) is 6.88. The van der Waals surface area contributed by atoms with Crippen LogP contribution in [0.25, 0.3) is 0 Å². The molecule has 1 aromatic carbocycles. The van der Waals surface area contributed by atoms with Crippen molar-refractivity contribution in [2.75, 3.05) is 0 Å². The van der Waals surface area contributed by atoms with Crippen molar-refractivity contribution in [2.24, 2.45) is 0 Å². The van der Waals surface area contributed by atoms with Gasteiger partial charge in [-0.25, -0.2) is 13.1 Å². The van der Waals surface area contributed by atoms with Gasteiger partial charge in [0, 0.05) is 6.04 Å². The summed E-state index contributed by atoms with van der Waals surface area (Å²) in [4.78, 5) is 0.131. The smallest absolute Gasteiger partial charge is 0.240 e. The number of nitrogens with zero attached hydrogens (tertiary/aromatic N) is 1. The van der Waals surface area contributed by atoms with E-state index in [2.05, 4.69) is 4.72 Å². The van der Waals surface area contributed by atoms with Crippen LogP contribution in [0.5, 0.6) is 0 Å². The van der Waals surface area contributed by atoms with Gasteiger partial charge in [-0.3, -0.25) is 0 Å². The van der Waals surface area contributed by atoms with Crippen LogP contribution in [0.1, 0.15) is 36.8 Å². The molecule has 6 heteroatoms. The molecule has 2 atom stereocenters. The Kier molecular flexibility index (Phi) is 4.43. The maximum Gasteiger partial charge on any atom is 0.240 e. The van der Waals surface area contributed by atoms with E-state index < -0.39 is 22.2 Å². The number of nitriles is 1. The first-order valence-electron chi connectivity index (χ1n) is 6.65. The number of aryl methyl sites for hydroxylation is 1. The van der Waals surface area contributed by atoms with Gasteiger partial charge in [-0.05, 0) is 43.5 Å². The second-order valence-electron chi connectivity index (χ2n) is 5.17. The Labute approximate surface area is 119 Å². The quantitative estimate of drug-likeness (QED) is 0.882. The summed E-state index contributed by atoms with van der Waals surface area (Å²) in [5.74, 6) is 0. The topological polar surface area (TPSA) is 90.2 Å². The summed E-state index contributed by atoms with van der Waals surface area (Å²) < 4.78 is 27.2. The molecular formula is C14H18N2O3S. The van der Waals surface area contributed by atoms with E-state index in [0.717, 1.165) is 12.8 Å². The van der Waals surface area contributed by atoms with Crippen molar-refractivity contribution < 1.29 is 13.5 Å². The maximum absolute atomic E-state index is 12.3. The summed E-state index contributed by atoms with van der Waals surface area (Å²) in [5.41, 5.74) is 1.08. The van der Waals surface area contributed by atoms with Crippen molar-refractivity contribution in [1.82, 2.24) is 4.72 Å². The zero-order valence-corrected chi connectivity index (χ0v) is 12.2. The minimum atomic E-state index is -3.66. The number of rotatable bonds is 3. The fourth-order valence-electron chi connectivity index (χ4n) is 2.44. The van der Waals surface area contributed by atoms with E-state index in [1.54, 1.807) is 6.92 Å². The highest BCUT2D eigenvalue weighted by molar-refractivity contribution is 7.89. The molecule has 2 N–H and O–H groups in total. The maximum atomic E-state index is 12.3. The Balaban J connectivity index is 2.22. The lowest BCUT2D eigenvalue weighted by Gasteiger charge is -2.28. The van der Waals surface area contributed by atoms with Crippen molar-refractivity contribution in [3.8, 4) is 6.07 Å². The number of sulfonamides is 1. The summed E-state index contributed by atoms with van der Waals surface area (Å²) >= 11 is 0. The van der Waals surface area contributed by atoms with Crippen LogP contribution >= 0.6 is 0 Å². The molecule has 0 radical (unpaired) electrons. The number of aliphatic hydroxyl groups excluding tert-OH is 1. The monoisotopic (exact) mass is 294 g/mol. The molecule has 0 saturated heterocycles. The van der Waals surface area contributed by atoms with E-state index in [9.17, 15) is 13.5 Å². The van der Waals surface area contributed by atoms with Gasteiger partial charge in [-0.1, -0.05) is 12.8 Å². The van der Waals surface area contributed by atoms with E-state index in [1.807, 2.05) is 6.07 Å². The molecular weight excluding hydrogens is 276 g/mol. The first kappa shape index (κ1) is 15.0. The zero-order valence-electron chi connectivity index (χ0n) is 11.3. The molecule has 1 aromatic rings. The molecule has 5 nitrogen and oxygen atoms in total. The van der Waals surface area contributed by atoms with Crippen LogP contribution in [0.4, 0.5) is 0 Å². The van der Waals surface area contributed by atoms with Gasteiger partial charge in [0.05, 0.1) is 22.6 Å². The predicted molar refractivity (Wildman–Crippen MR) is 74.5 cm³/mol. The third-order valence-electron chi connectivity index (χ3n) is 3.66. The van der Waals surface area contributed by atoms with Crippen LogP contribution in [0, 0.1) is 18.3 Å². The van der Waals surface area contributed by atoms with Gasteiger partial charge in [-0.2, -0.15) is 5.26 Å². The van der Waals surface area contributed by atoms with E-state index in [0.29, 0.717) is 24.0 Å². The van der Waals surface area contributed by atoms with Crippen molar-refractivity contribution in [1.29, 1.82) is 5.26 Å². The van der Waals surface area contributed by atoms with Crippen LogP contribution < -0.4 is 4.72 Å². The van der Waals surface area contributed by atoms with Crippen molar-refractivity contribution in [2.45, 2.75) is 49.6 Å². The van der Waals surface area contributed by atoms with Crippen LogP contribution in [-0.2, 0) is 10.0 Å². The Morgan fingerprint density at radius 1 is 1.35 bits per heavy atom. The summed E-state index contributed by atoms with van der Waals surface area (Å²) in [7, 11) is -3.66. The molecule has 108 valence electrons. The highest BCUT2D eigenvalue weighted by Crippen LogP contribution is 2.21. The molecule has 0 spiro atoms. The summed E-state index contributed by atoms with van der Waals surface area (Å²) in [6, 6.07) is 5.98. The molecule has 2 rings (SSSR count). The number of hydrogen-bond acceptors (Lipinski definition) is 4. The number of hydrogen-bond donors (Lipinski definition) is 2. The van der Waals surface area contributed by atoms with Crippen LogP contribution in [0.15, 0.2) is 23.1 Å². The Morgan fingerprint density at radius 3 is 2.65 bits per heavy atom. The summed E-state index contributed by atoms with van der Waals surface area (Å²) in [6.45, 7) is 1.70. The lowest BCUT2D eigenvalue weighted by molar-refractivity contribution is 0.101. The first-order valence-corrected chi connectivity index (χ1v) is 8.13. The number of nitrogens with one attached hydrogen (secondary N) is 1. The minimum absolute atomic E-state index is 0.131. The SMILES string of the molecule is Cc1cc(S(=O)(=O)N[C@@H]2CCCC[C@H]2O)ccc1C#N. The third-order valence-corrected chi connectivity index (χ3v) is 5.15.